The molecule has 0 aliphatic rings. The third-order valence-corrected chi connectivity index (χ3v) is 5.81. The number of hydrogen-bond acceptors (Lipinski definition) is 5. The number of esters is 1. The van der Waals surface area contributed by atoms with Crippen LogP contribution in [0, 0.1) is 6.92 Å². The van der Waals surface area contributed by atoms with Crippen molar-refractivity contribution in [2.75, 3.05) is 18.9 Å². The molecule has 0 radical (unpaired) electrons. The van der Waals surface area contributed by atoms with Crippen LogP contribution in [0.3, 0.4) is 0 Å². The number of thioether (sulfide) groups is 1. The van der Waals surface area contributed by atoms with Crippen LogP contribution in [0.2, 0.25) is 5.02 Å². The fourth-order valence-corrected chi connectivity index (χ4v) is 3.68. The first kappa shape index (κ1) is 19.8. The highest BCUT2D eigenvalue weighted by Crippen LogP contribution is 2.19. The third-order valence-electron chi connectivity index (χ3n) is 3.17. The van der Waals surface area contributed by atoms with Gasteiger partial charge in [0.1, 0.15) is 13.2 Å². The molecule has 8 heteroatoms. The van der Waals surface area contributed by atoms with Gasteiger partial charge in [0.15, 0.2) is 0 Å². The lowest BCUT2D eigenvalue weighted by Crippen LogP contribution is -2.31. The molecule has 0 aliphatic heterocycles. The summed E-state index contributed by atoms with van der Waals surface area (Å²) in [5.41, 5.74) is 0.955. The number of carbonyl (C=O) groups excluding carboxylic acids is 1. The highest BCUT2D eigenvalue weighted by Gasteiger charge is 2.15. The highest BCUT2D eigenvalue weighted by atomic mass is 35.5. The van der Waals surface area contributed by atoms with Crippen LogP contribution in [0.25, 0.3) is 0 Å². The zero-order valence-corrected chi connectivity index (χ0v) is 16.0. The Bertz CT molecular complexity index is 806. The number of carbonyl (C=O) groups is 1. The molecule has 5 nitrogen and oxygen atoms in total. The van der Waals surface area contributed by atoms with Crippen LogP contribution in [-0.2, 0) is 19.6 Å². The van der Waals surface area contributed by atoms with Gasteiger partial charge in [-0.2, -0.15) is 4.72 Å². The van der Waals surface area contributed by atoms with Crippen molar-refractivity contribution in [3.05, 3.63) is 59.1 Å². The Balaban J connectivity index is 1.71. The van der Waals surface area contributed by atoms with Crippen molar-refractivity contribution in [3.8, 4) is 0 Å². The van der Waals surface area contributed by atoms with Crippen LogP contribution in [0.1, 0.15) is 5.56 Å². The Labute approximate surface area is 156 Å². The Morgan fingerprint density at radius 3 is 2.40 bits per heavy atom. The van der Waals surface area contributed by atoms with Gasteiger partial charge in [0.05, 0.1) is 4.90 Å². The van der Waals surface area contributed by atoms with Crippen molar-refractivity contribution in [2.45, 2.75) is 16.7 Å². The second-order valence-corrected chi connectivity index (χ2v) is 8.53. The minimum absolute atomic E-state index is 0.115. The van der Waals surface area contributed by atoms with Gasteiger partial charge >= 0.3 is 5.97 Å². The SMILES string of the molecule is Cc1ccc(S(=O)(=O)NCC(=O)OCCSc2ccc(Cl)cc2)cc1. The molecule has 0 fully saturated rings. The number of nitrogens with one attached hydrogen (secondary N) is 1. The molecule has 134 valence electrons. The van der Waals surface area contributed by atoms with Gasteiger partial charge in [-0.25, -0.2) is 8.42 Å². The number of hydrogen-bond donors (Lipinski definition) is 1. The van der Waals surface area contributed by atoms with E-state index in [1.807, 2.05) is 19.1 Å². The average molecular weight is 400 g/mol. The molecule has 0 saturated heterocycles. The topological polar surface area (TPSA) is 72.5 Å². The molecule has 0 unspecified atom stereocenters. The average Bonchev–Trinajstić information content (AvgIpc) is 2.59. The van der Waals surface area contributed by atoms with E-state index in [9.17, 15) is 13.2 Å². The predicted molar refractivity (Wildman–Crippen MR) is 99.5 cm³/mol. The molecule has 0 spiro atoms. The zero-order valence-electron chi connectivity index (χ0n) is 13.6. The number of sulfonamides is 1. The maximum absolute atomic E-state index is 12.1. The lowest BCUT2D eigenvalue weighted by atomic mass is 10.2. The van der Waals surface area contributed by atoms with Gasteiger partial charge in [0.25, 0.3) is 0 Å². The first-order valence-electron chi connectivity index (χ1n) is 7.47. The Morgan fingerprint density at radius 2 is 1.76 bits per heavy atom. The quantitative estimate of drug-likeness (QED) is 0.419. The van der Waals surface area contributed by atoms with Crippen molar-refractivity contribution in [1.82, 2.24) is 4.72 Å². The maximum Gasteiger partial charge on any atom is 0.321 e. The van der Waals surface area contributed by atoms with Crippen molar-refractivity contribution < 1.29 is 17.9 Å². The molecule has 25 heavy (non-hydrogen) atoms. The van der Waals surface area contributed by atoms with Crippen LogP contribution >= 0.6 is 23.4 Å². The van der Waals surface area contributed by atoms with Gasteiger partial charge in [-0.1, -0.05) is 29.3 Å². The van der Waals surface area contributed by atoms with E-state index in [1.165, 1.54) is 23.9 Å². The van der Waals surface area contributed by atoms with Crippen molar-refractivity contribution in [3.63, 3.8) is 0 Å². The van der Waals surface area contributed by atoms with E-state index in [0.29, 0.717) is 10.8 Å². The third kappa shape index (κ3) is 6.70. The molecule has 0 amide bonds. The predicted octanol–water partition coefficient (Wildman–Crippen LogP) is 3.26. The summed E-state index contributed by atoms with van der Waals surface area (Å²) < 4.78 is 31.4. The van der Waals surface area contributed by atoms with Gasteiger partial charge in [0.2, 0.25) is 10.0 Å². The molecule has 0 bridgehead atoms. The van der Waals surface area contributed by atoms with E-state index in [1.54, 1.807) is 24.3 Å². The van der Waals surface area contributed by atoms with E-state index in [4.69, 9.17) is 16.3 Å². The van der Waals surface area contributed by atoms with Crippen molar-refractivity contribution in [1.29, 1.82) is 0 Å². The minimum Gasteiger partial charge on any atom is -0.464 e. The summed E-state index contributed by atoms with van der Waals surface area (Å²) in [7, 11) is -3.72. The molecule has 2 rings (SSSR count). The van der Waals surface area contributed by atoms with Gasteiger partial charge in [-0.05, 0) is 43.3 Å². The zero-order chi connectivity index (χ0) is 18.3. The number of halogens is 1. The number of ether oxygens (including phenoxy) is 1. The summed E-state index contributed by atoms with van der Waals surface area (Å²) in [4.78, 5) is 12.8. The maximum atomic E-state index is 12.1. The summed E-state index contributed by atoms with van der Waals surface area (Å²) in [5.74, 6) is -0.0506. The van der Waals surface area contributed by atoms with E-state index in [2.05, 4.69) is 4.72 Å². The van der Waals surface area contributed by atoms with Gasteiger partial charge in [-0.15, -0.1) is 11.8 Å². The van der Waals surface area contributed by atoms with E-state index >= 15 is 0 Å². The van der Waals surface area contributed by atoms with Gasteiger partial charge < -0.3 is 4.74 Å². The standard InChI is InChI=1S/C17H18ClNO4S2/c1-13-2-8-16(9-3-13)25(21,22)19-12-17(20)23-10-11-24-15-6-4-14(18)5-7-15/h2-9,19H,10-12H2,1H3. The number of aryl methyl sites for hydroxylation is 1. The van der Waals surface area contributed by atoms with E-state index < -0.39 is 22.5 Å². The summed E-state index contributed by atoms with van der Waals surface area (Å²) in [6.07, 6.45) is 0. The summed E-state index contributed by atoms with van der Waals surface area (Å²) >= 11 is 7.32. The molecule has 2 aromatic carbocycles. The van der Waals surface area contributed by atoms with Crippen LogP contribution in [0.5, 0.6) is 0 Å². The van der Waals surface area contributed by atoms with E-state index in [0.717, 1.165) is 10.5 Å². The van der Waals surface area contributed by atoms with Crippen LogP contribution in [0.15, 0.2) is 58.3 Å². The minimum atomic E-state index is -3.72. The first-order valence-corrected chi connectivity index (χ1v) is 10.3. The molecule has 0 atom stereocenters. The second-order valence-electron chi connectivity index (χ2n) is 5.16. The van der Waals surface area contributed by atoms with Crippen molar-refractivity contribution in [2.24, 2.45) is 0 Å². The van der Waals surface area contributed by atoms with Crippen molar-refractivity contribution >= 4 is 39.4 Å². The first-order chi connectivity index (χ1) is 11.9. The molecule has 0 aromatic heterocycles. The molecule has 0 saturated carbocycles. The summed E-state index contributed by atoms with van der Waals surface area (Å²) in [5, 5.41) is 0.664. The lowest BCUT2D eigenvalue weighted by Gasteiger charge is -2.08. The van der Waals surface area contributed by atoms with Gasteiger partial charge in [-0.3, -0.25) is 4.79 Å². The normalized spacial score (nSPS) is 11.3. The number of benzene rings is 2. The smallest absolute Gasteiger partial charge is 0.321 e. The Kier molecular flexibility index (Phi) is 7.31. The Morgan fingerprint density at radius 1 is 1.12 bits per heavy atom. The summed E-state index contributed by atoms with van der Waals surface area (Å²) in [6.45, 7) is 1.66. The van der Waals surface area contributed by atoms with Crippen LogP contribution in [-0.4, -0.2) is 33.3 Å². The molecule has 0 heterocycles. The van der Waals surface area contributed by atoms with E-state index in [-0.39, 0.29) is 11.5 Å². The monoisotopic (exact) mass is 399 g/mol. The van der Waals surface area contributed by atoms with Gasteiger partial charge in [0, 0.05) is 15.7 Å². The highest BCUT2D eigenvalue weighted by molar-refractivity contribution is 7.99. The van der Waals surface area contributed by atoms with Crippen LogP contribution < -0.4 is 4.72 Å². The van der Waals surface area contributed by atoms with Crippen LogP contribution in [0.4, 0.5) is 0 Å². The molecule has 0 aliphatic carbocycles. The summed E-state index contributed by atoms with van der Waals surface area (Å²) in [6, 6.07) is 13.7. The molecule has 2 aromatic rings. The lowest BCUT2D eigenvalue weighted by molar-refractivity contribution is -0.141. The molecular formula is C17H18ClNO4S2. The fraction of sp³-hybridized carbons (Fsp3) is 0.235. The molecule has 1 N–H and O–H groups in total. The largest absolute Gasteiger partial charge is 0.464 e. The molecular weight excluding hydrogens is 382 g/mol. The Hall–Kier alpha value is -1.54. The second kappa shape index (κ2) is 9.24. The number of rotatable bonds is 8. The fourth-order valence-electron chi connectivity index (χ4n) is 1.85.